The molecule has 0 aliphatic carbocycles. The van der Waals surface area contributed by atoms with Gasteiger partial charge in [0, 0.05) is 19.0 Å². The Labute approximate surface area is 109 Å². The number of para-hydroxylation sites is 1. The third-order valence-electron chi connectivity index (χ3n) is 3.33. The standard InChI is InChI=1S/C15H23N3/c1-5-16-11-15(2,3)10-13-12-8-6-7-9-14(12)18(4)17-13/h6-9,16H,5,10-11H2,1-4H3. The Morgan fingerprint density at radius 1 is 1.28 bits per heavy atom. The lowest BCUT2D eigenvalue weighted by molar-refractivity contribution is 0.338. The average Bonchev–Trinajstić information content (AvgIpc) is 2.64. The first-order valence-electron chi connectivity index (χ1n) is 6.65. The van der Waals surface area contributed by atoms with Crippen molar-refractivity contribution in [2.24, 2.45) is 12.5 Å². The van der Waals surface area contributed by atoms with E-state index in [9.17, 15) is 0 Å². The van der Waals surface area contributed by atoms with E-state index >= 15 is 0 Å². The van der Waals surface area contributed by atoms with Crippen LogP contribution in [0.3, 0.4) is 0 Å². The van der Waals surface area contributed by atoms with Gasteiger partial charge < -0.3 is 5.32 Å². The number of nitrogens with zero attached hydrogens (tertiary/aromatic N) is 2. The topological polar surface area (TPSA) is 29.9 Å². The summed E-state index contributed by atoms with van der Waals surface area (Å²) in [4.78, 5) is 0. The lowest BCUT2D eigenvalue weighted by Gasteiger charge is -2.23. The van der Waals surface area contributed by atoms with Crippen LogP contribution in [0.2, 0.25) is 0 Å². The first kappa shape index (κ1) is 13.1. The van der Waals surface area contributed by atoms with Crippen LogP contribution in [-0.4, -0.2) is 22.9 Å². The Morgan fingerprint density at radius 2 is 2.00 bits per heavy atom. The van der Waals surface area contributed by atoms with Gasteiger partial charge in [0.2, 0.25) is 0 Å². The highest BCUT2D eigenvalue weighted by molar-refractivity contribution is 5.81. The second kappa shape index (κ2) is 5.11. The van der Waals surface area contributed by atoms with Gasteiger partial charge in [-0.15, -0.1) is 0 Å². The highest BCUT2D eigenvalue weighted by atomic mass is 15.3. The fourth-order valence-electron chi connectivity index (χ4n) is 2.40. The van der Waals surface area contributed by atoms with Gasteiger partial charge in [0.05, 0.1) is 11.2 Å². The molecule has 3 nitrogen and oxygen atoms in total. The van der Waals surface area contributed by atoms with Gasteiger partial charge in [-0.05, 0) is 24.4 Å². The van der Waals surface area contributed by atoms with E-state index in [-0.39, 0.29) is 5.41 Å². The van der Waals surface area contributed by atoms with Crippen molar-refractivity contribution < 1.29 is 0 Å². The molecule has 0 aliphatic rings. The number of aryl methyl sites for hydroxylation is 1. The van der Waals surface area contributed by atoms with Gasteiger partial charge in [-0.2, -0.15) is 5.10 Å². The molecule has 98 valence electrons. The van der Waals surface area contributed by atoms with Crippen molar-refractivity contribution in [1.82, 2.24) is 15.1 Å². The lowest BCUT2D eigenvalue weighted by Crippen LogP contribution is -2.31. The summed E-state index contributed by atoms with van der Waals surface area (Å²) >= 11 is 0. The zero-order chi connectivity index (χ0) is 13.2. The van der Waals surface area contributed by atoms with Crippen LogP contribution in [0.5, 0.6) is 0 Å². The van der Waals surface area contributed by atoms with E-state index in [1.54, 1.807) is 0 Å². The smallest absolute Gasteiger partial charge is 0.0709 e. The third kappa shape index (κ3) is 2.72. The predicted molar refractivity (Wildman–Crippen MR) is 76.7 cm³/mol. The summed E-state index contributed by atoms with van der Waals surface area (Å²) in [6.45, 7) is 8.77. The number of fused-ring (bicyclic) bond motifs is 1. The largest absolute Gasteiger partial charge is 0.316 e. The maximum atomic E-state index is 4.67. The molecule has 0 atom stereocenters. The van der Waals surface area contributed by atoms with E-state index in [4.69, 9.17) is 0 Å². The summed E-state index contributed by atoms with van der Waals surface area (Å²) in [5.74, 6) is 0. The van der Waals surface area contributed by atoms with Crippen molar-refractivity contribution in [2.75, 3.05) is 13.1 Å². The van der Waals surface area contributed by atoms with Gasteiger partial charge in [-0.25, -0.2) is 0 Å². The van der Waals surface area contributed by atoms with Gasteiger partial charge in [-0.3, -0.25) is 4.68 Å². The van der Waals surface area contributed by atoms with Crippen molar-refractivity contribution >= 4 is 10.9 Å². The summed E-state index contributed by atoms with van der Waals surface area (Å²) in [6.07, 6.45) is 1.00. The van der Waals surface area contributed by atoms with Crippen molar-refractivity contribution in [3.05, 3.63) is 30.0 Å². The van der Waals surface area contributed by atoms with Gasteiger partial charge >= 0.3 is 0 Å². The molecule has 18 heavy (non-hydrogen) atoms. The van der Waals surface area contributed by atoms with Crippen LogP contribution >= 0.6 is 0 Å². The molecule has 3 heteroatoms. The van der Waals surface area contributed by atoms with Crippen LogP contribution < -0.4 is 5.32 Å². The first-order valence-corrected chi connectivity index (χ1v) is 6.65. The zero-order valence-corrected chi connectivity index (χ0v) is 11.8. The molecule has 2 aromatic rings. The molecule has 1 heterocycles. The number of aromatic nitrogens is 2. The molecule has 0 fully saturated rings. The van der Waals surface area contributed by atoms with Gasteiger partial charge in [0.15, 0.2) is 0 Å². The van der Waals surface area contributed by atoms with Crippen LogP contribution in [0.15, 0.2) is 24.3 Å². The minimum Gasteiger partial charge on any atom is -0.316 e. The molecule has 1 N–H and O–H groups in total. The van der Waals surface area contributed by atoms with Crippen LogP contribution in [0.25, 0.3) is 10.9 Å². The van der Waals surface area contributed by atoms with E-state index in [1.165, 1.54) is 16.6 Å². The van der Waals surface area contributed by atoms with Crippen LogP contribution in [-0.2, 0) is 13.5 Å². The molecular formula is C15H23N3. The number of nitrogens with one attached hydrogen (secondary N) is 1. The second-order valence-corrected chi connectivity index (χ2v) is 5.71. The van der Waals surface area contributed by atoms with Gasteiger partial charge in [0.1, 0.15) is 0 Å². The zero-order valence-electron chi connectivity index (χ0n) is 11.8. The molecule has 0 spiro atoms. The molecular weight excluding hydrogens is 222 g/mol. The minimum absolute atomic E-state index is 0.229. The average molecular weight is 245 g/mol. The van der Waals surface area contributed by atoms with E-state index in [0.717, 1.165) is 19.5 Å². The summed E-state index contributed by atoms with van der Waals surface area (Å²) in [5, 5.41) is 9.38. The summed E-state index contributed by atoms with van der Waals surface area (Å²) in [7, 11) is 2.02. The molecule has 0 aliphatic heterocycles. The SMILES string of the molecule is CCNCC(C)(C)Cc1nn(C)c2ccccc12. The Balaban J connectivity index is 2.26. The summed E-state index contributed by atoms with van der Waals surface area (Å²) in [6, 6.07) is 8.45. The highest BCUT2D eigenvalue weighted by Crippen LogP contribution is 2.25. The molecule has 0 saturated heterocycles. The monoisotopic (exact) mass is 245 g/mol. The summed E-state index contributed by atoms with van der Waals surface area (Å²) < 4.78 is 1.98. The molecule has 0 bridgehead atoms. The number of benzene rings is 1. The minimum atomic E-state index is 0.229. The molecule has 0 unspecified atom stereocenters. The van der Waals surface area contributed by atoms with E-state index in [0.29, 0.717) is 0 Å². The first-order chi connectivity index (χ1) is 8.53. The molecule has 0 radical (unpaired) electrons. The van der Waals surface area contributed by atoms with Crippen molar-refractivity contribution in [3.8, 4) is 0 Å². The molecule has 1 aromatic carbocycles. The van der Waals surface area contributed by atoms with Crippen molar-refractivity contribution in [3.63, 3.8) is 0 Å². The number of hydrogen-bond donors (Lipinski definition) is 1. The molecule has 1 aromatic heterocycles. The Kier molecular flexibility index (Phi) is 3.71. The van der Waals surface area contributed by atoms with Crippen LogP contribution in [0.1, 0.15) is 26.5 Å². The highest BCUT2D eigenvalue weighted by Gasteiger charge is 2.21. The normalized spacial score (nSPS) is 12.2. The Bertz CT molecular complexity index is 526. The lowest BCUT2D eigenvalue weighted by atomic mass is 9.87. The number of hydrogen-bond acceptors (Lipinski definition) is 2. The molecule has 0 saturated carbocycles. The van der Waals surface area contributed by atoms with Gasteiger partial charge in [0.25, 0.3) is 0 Å². The van der Waals surface area contributed by atoms with Crippen molar-refractivity contribution in [2.45, 2.75) is 27.2 Å². The summed E-state index contributed by atoms with van der Waals surface area (Å²) in [5.41, 5.74) is 2.65. The number of rotatable bonds is 5. The maximum absolute atomic E-state index is 4.67. The fraction of sp³-hybridized carbons (Fsp3) is 0.533. The van der Waals surface area contributed by atoms with E-state index in [2.05, 4.69) is 55.5 Å². The van der Waals surface area contributed by atoms with E-state index < -0.39 is 0 Å². The molecule has 2 rings (SSSR count). The quantitative estimate of drug-likeness (QED) is 0.878. The Morgan fingerprint density at radius 3 is 2.72 bits per heavy atom. The third-order valence-corrected chi connectivity index (χ3v) is 3.33. The molecule has 0 amide bonds. The van der Waals surface area contributed by atoms with E-state index in [1.807, 2.05) is 11.7 Å². The van der Waals surface area contributed by atoms with Crippen LogP contribution in [0, 0.1) is 5.41 Å². The Hall–Kier alpha value is -1.35. The maximum Gasteiger partial charge on any atom is 0.0709 e. The van der Waals surface area contributed by atoms with Crippen LogP contribution in [0.4, 0.5) is 0 Å². The fourth-order valence-corrected chi connectivity index (χ4v) is 2.40. The second-order valence-electron chi connectivity index (χ2n) is 5.71. The van der Waals surface area contributed by atoms with Gasteiger partial charge in [-0.1, -0.05) is 39.0 Å². The predicted octanol–water partition coefficient (Wildman–Crippen LogP) is 2.75. The van der Waals surface area contributed by atoms with Crippen molar-refractivity contribution in [1.29, 1.82) is 0 Å².